The molecule has 1 aliphatic rings. The lowest BCUT2D eigenvalue weighted by Crippen LogP contribution is -2.15. The number of hydrogen-bond donors (Lipinski definition) is 1. The minimum atomic E-state index is 0.602. The molecule has 2 rings (SSSR count). The average molecular weight is 233 g/mol. The summed E-state index contributed by atoms with van der Waals surface area (Å²) in [6.45, 7) is 5.07. The fourth-order valence-corrected chi connectivity index (χ4v) is 2.74. The van der Waals surface area contributed by atoms with E-state index in [1.54, 1.807) is 0 Å². The van der Waals surface area contributed by atoms with E-state index in [1.165, 1.54) is 37.7 Å². The Morgan fingerprint density at radius 2 is 1.65 bits per heavy atom. The van der Waals surface area contributed by atoms with E-state index in [4.69, 9.17) is 9.97 Å². The lowest BCUT2D eigenvalue weighted by atomic mass is 9.88. The van der Waals surface area contributed by atoms with E-state index in [0.717, 1.165) is 23.8 Å². The second-order valence-electron chi connectivity index (χ2n) is 5.10. The molecular formula is C14H23N3. The van der Waals surface area contributed by atoms with Gasteiger partial charge in [0.05, 0.1) is 0 Å². The minimum Gasteiger partial charge on any atom is -0.316 e. The van der Waals surface area contributed by atoms with Gasteiger partial charge in [-0.25, -0.2) is 9.97 Å². The molecule has 94 valence electrons. The fourth-order valence-electron chi connectivity index (χ4n) is 2.74. The molecule has 1 saturated carbocycles. The van der Waals surface area contributed by atoms with E-state index in [2.05, 4.69) is 19.2 Å². The number of hydrogen-bond acceptors (Lipinski definition) is 3. The van der Waals surface area contributed by atoms with Crippen LogP contribution in [-0.2, 0) is 6.54 Å². The molecule has 1 heterocycles. The molecule has 17 heavy (non-hydrogen) atoms. The molecule has 0 bridgehead atoms. The molecule has 0 aromatic carbocycles. The van der Waals surface area contributed by atoms with Crippen molar-refractivity contribution in [1.29, 1.82) is 0 Å². The fraction of sp³-hybridized carbons (Fsp3) is 0.714. The molecule has 1 N–H and O–H groups in total. The van der Waals surface area contributed by atoms with Crippen molar-refractivity contribution in [3.05, 3.63) is 22.8 Å². The summed E-state index contributed by atoms with van der Waals surface area (Å²) < 4.78 is 0. The standard InChI is InChI=1S/C14H23N3/c1-10-13(9-15-3)11(2)17-14(16-10)12-7-5-4-6-8-12/h12,15H,4-9H2,1-3H3. The normalized spacial score (nSPS) is 17.4. The number of rotatable bonds is 3. The zero-order valence-corrected chi connectivity index (χ0v) is 11.2. The van der Waals surface area contributed by atoms with Crippen molar-refractivity contribution in [1.82, 2.24) is 15.3 Å². The zero-order valence-electron chi connectivity index (χ0n) is 11.2. The summed E-state index contributed by atoms with van der Waals surface area (Å²) in [5.74, 6) is 1.68. The van der Waals surface area contributed by atoms with Gasteiger partial charge in [-0.05, 0) is 33.7 Å². The first-order chi connectivity index (χ1) is 8.22. The topological polar surface area (TPSA) is 37.8 Å². The smallest absolute Gasteiger partial charge is 0.131 e. The van der Waals surface area contributed by atoms with Crippen molar-refractivity contribution in [2.24, 2.45) is 0 Å². The van der Waals surface area contributed by atoms with Gasteiger partial charge in [-0.1, -0.05) is 19.3 Å². The maximum Gasteiger partial charge on any atom is 0.131 e. The van der Waals surface area contributed by atoms with E-state index in [0.29, 0.717) is 5.92 Å². The highest BCUT2D eigenvalue weighted by molar-refractivity contribution is 5.25. The summed E-state index contributed by atoms with van der Waals surface area (Å²) in [7, 11) is 1.97. The number of aromatic nitrogens is 2. The molecule has 3 heteroatoms. The molecule has 0 spiro atoms. The van der Waals surface area contributed by atoms with Crippen LogP contribution in [0.5, 0.6) is 0 Å². The van der Waals surface area contributed by atoms with Crippen molar-refractivity contribution < 1.29 is 0 Å². The van der Waals surface area contributed by atoms with Crippen molar-refractivity contribution >= 4 is 0 Å². The first-order valence-electron chi connectivity index (χ1n) is 6.71. The van der Waals surface area contributed by atoms with Gasteiger partial charge in [0.25, 0.3) is 0 Å². The molecule has 3 nitrogen and oxygen atoms in total. The lowest BCUT2D eigenvalue weighted by Gasteiger charge is -2.21. The van der Waals surface area contributed by atoms with Crippen LogP contribution in [0.4, 0.5) is 0 Å². The van der Waals surface area contributed by atoms with Crippen LogP contribution in [-0.4, -0.2) is 17.0 Å². The largest absolute Gasteiger partial charge is 0.316 e. The Bertz CT molecular complexity index is 358. The predicted octanol–water partition coefficient (Wildman–Crippen LogP) is 2.86. The molecule has 1 aromatic heterocycles. The molecule has 0 amide bonds. The Hall–Kier alpha value is -0.960. The molecule has 1 aliphatic carbocycles. The van der Waals surface area contributed by atoms with Gasteiger partial charge < -0.3 is 5.32 Å². The first kappa shape index (κ1) is 12.5. The zero-order chi connectivity index (χ0) is 12.3. The highest BCUT2D eigenvalue weighted by Gasteiger charge is 2.19. The second kappa shape index (κ2) is 5.58. The molecular weight excluding hydrogens is 210 g/mol. The van der Waals surface area contributed by atoms with Gasteiger partial charge >= 0.3 is 0 Å². The Morgan fingerprint density at radius 3 is 2.18 bits per heavy atom. The SMILES string of the molecule is CNCc1c(C)nc(C2CCCCC2)nc1C. The number of nitrogens with zero attached hydrogens (tertiary/aromatic N) is 2. The third-order valence-electron chi connectivity index (χ3n) is 3.76. The first-order valence-corrected chi connectivity index (χ1v) is 6.71. The van der Waals surface area contributed by atoms with Gasteiger partial charge in [-0.2, -0.15) is 0 Å². The van der Waals surface area contributed by atoms with Crippen LogP contribution in [0.25, 0.3) is 0 Å². The van der Waals surface area contributed by atoms with Crippen molar-refractivity contribution in [2.75, 3.05) is 7.05 Å². The monoisotopic (exact) mass is 233 g/mol. The minimum absolute atomic E-state index is 0.602. The summed E-state index contributed by atoms with van der Waals surface area (Å²) >= 11 is 0. The van der Waals surface area contributed by atoms with Crippen LogP contribution >= 0.6 is 0 Å². The maximum atomic E-state index is 4.73. The van der Waals surface area contributed by atoms with Crippen molar-refractivity contribution in [2.45, 2.75) is 58.4 Å². The molecule has 1 fully saturated rings. The van der Waals surface area contributed by atoms with Gasteiger partial charge in [0.2, 0.25) is 0 Å². The Morgan fingerprint density at radius 1 is 1.06 bits per heavy atom. The number of nitrogens with one attached hydrogen (secondary N) is 1. The van der Waals surface area contributed by atoms with E-state index < -0.39 is 0 Å². The van der Waals surface area contributed by atoms with E-state index in [-0.39, 0.29) is 0 Å². The predicted molar refractivity (Wildman–Crippen MR) is 70.1 cm³/mol. The van der Waals surface area contributed by atoms with Crippen LogP contribution in [0.1, 0.15) is 60.8 Å². The average Bonchev–Trinajstić information content (AvgIpc) is 2.35. The Labute approximate surface area is 104 Å². The molecule has 0 saturated heterocycles. The van der Waals surface area contributed by atoms with Gasteiger partial charge in [0.1, 0.15) is 5.82 Å². The van der Waals surface area contributed by atoms with Crippen LogP contribution in [0.15, 0.2) is 0 Å². The quantitative estimate of drug-likeness (QED) is 0.872. The summed E-state index contributed by atoms with van der Waals surface area (Å²) in [4.78, 5) is 9.45. The van der Waals surface area contributed by atoms with Gasteiger partial charge in [-0.15, -0.1) is 0 Å². The summed E-state index contributed by atoms with van der Waals surface area (Å²) in [6, 6.07) is 0. The Kier molecular flexibility index (Phi) is 4.11. The summed E-state index contributed by atoms with van der Waals surface area (Å²) in [5, 5.41) is 3.18. The van der Waals surface area contributed by atoms with Crippen LogP contribution in [0.3, 0.4) is 0 Å². The van der Waals surface area contributed by atoms with E-state index >= 15 is 0 Å². The van der Waals surface area contributed by atoms with E-state index in [9.17, 15) is 0 Å². The highest BCUT2D eigenvalue weighted by atomic mass is 14.9. The van der Waals surface area contributed by atoms with Crippen LogP contribution in [0.2, 0.25) is 0 Å². The molecule has 0 radical (unpaired) electrons. The Balaban J connectivity index is 2.24. The van der Waals surface area contributed by atoms with Gasteiger partial charge in [0, 0.05) is 29.4 Å². The van der Waals surface area contributed by atoms with Gasteiger partial charge in [-0.3, -0.25) is 0 Å². The molecule has 0 aliphatic heterocycles. The maximum absolute atomic E-state index is 4.73. The number of aryl methyl sites for hydroxylation is 2. The molecule has 0 unspecified atom stereocenters. The summed E-state index contributed by atoms with van der Waals surface area (Å²) in [6.07, 6.45) is 6.59. The van der Waals surface area contributed by atoms with Crippen LogP contribution < -0.4 is 5.32 Å². The molecule has 1 aromatic rings. The van der Waals surface area contributed by atoms with Crippen molar-refractivity contribution in [3.8, 4) is 0 Å². The van der Waals surface area contributed by atoms with Gasteiger partial charge in [0.15, 0.2) is 0 Å². The van der Waals surface area contributed by atoms with Crippen molar-refractivity contribution in [3.63, 3.8) is 0 Å². The van der Waals surface area contributed by atoms with E-state index in [1.807, 2.05) is 7.05 Å². The lowest BCUT2D eigenvalue weighted by molar-refractivity contribution is 0.427. The third kappa shape index (κ3) is 2.83. The second-order valence-corrected chi connectivity index (χ2v) is 5.10. The summed E-state index contributed by atoms with van der Waals surface area (Å²) in [5.41, 5.74) is 3.55. The molecule has 0 atom stereocenters. The van der Waals surface area contributed by atoms with Crippen LogP contribution in [0, 0.1) is 13.8 Å². The third-order valence-corrected chi connectivity index (χ3v) is 3.76. The highest BCUT2D eigenvalue weighted by Crippen LogP contribution is 2.31.